The fourth-order valence-electron chi connectivity index (χ4n) is 2.73. The second-order valence-electron chi connectivity index (χ2n) is 5.74. The molecule has 2 rings (SSSR count). The highest BCUT2D eigenvalue weighted by Gasteiger charge is 2.34. The van der Waals surface area contributed by atoms with Crippen molar-refractivity contribution in [1.82, 2.24) is 0 Å². The summed E-state index contributed by atoms with van der Waals surface area (Å²) in [6.45, 7) is 6.76. The second-order valence-corrected chi connectivity index (χ2v) is 5.74. The second kappa shape index (κ2) is 5.38. The number of anilines is 1. The Labute approximate surface area is 118 Å². The van der Waals surface area contributed by atoms with Crippen LogP contribution in [0, 0.1) is 17.0 Å². The third kappa shape index (κ3) is 2.91. The van der Waals surface area contributed by atoms with Crippen molar-refractivity contribution in [3.63, 3.8) is 0 Å². The van der Waals surface area contributed by atoms with Gasteiger partial charge in [-0.05, 0) is 26.8 Å². The lowest BCUT2D eigenvalue weighted by Crippen LogP contribution is -2.54. The molecule has 20 heavy (non-hydrogen) atoms. The van der Waals surface area contributed by atoms with Gasteiger partial charge in [0.1, 0.15) is 0 Å². The summed E-state index contributed by atoms with van der Waals surface area (Å²) >= 11 is 0. The number of nitro groups is 1. The van der Waals surface area contributed by atoms with Crippen molar-refractivity contribution in [3.05, 3.63) is 33.9 Å². The predicted octanol–water partition coefficient (Wildman–Crippen LogP) is 1.88. The minimum atomic E-state index is -0.400. The first-order valence-electron chi connectivity index (χ1n) is 6.61. The molecule has 1 fully saturated rings. The fraction of sp³-hybridized carbons (Fsp3) is 0.571. The molecule has 1 N–H and O–H groups in total. The van der Waals surface area contributed by atoms with Crippen molar-refractivity contribution in [3.8, 4) is 0 Å². The van der Waals surface area contributed by atoms with Gasteiger partial charge in [-0.2, -0.15) is 0 Å². The van der Waals surface area contributed by atoms with E-state index in [1.54, 1.807) is 13.0 Å². The lowest BCUT2D eigenvalue weighted by atomic mass is 10.0. The van der Waals surface area contributed by atoms with Crippen LogP contribution in [0.25, 0.3) is 0 Å². The van der Waals surface area contributed by atoms with Crippen molar-refractivity contribution in [1.29, 1.82) is 0 Å². The standard InChI is InChI=1S/C14H20N2O4/c1-10-12(5-4-6-13(10)16(18)19)15-7-11(8-17)20-14(2,3)9-15/h4-6,11,17H,7-9H2,1-3H3. The smallest absolute Gasteiger partial charge is 0.274 e. The van der Waals surface area contributed by atoms with E-state index in [1.165, 1.54) is 6.07 Å². The number of nitrogens with zero attached hydrogens (tertiary/aromatic N) is 2. The molecular weight excluding hydrogens is 260 g/mol. The maximum atomic E-state index is 11.0. The van der Waals surface area contributed by atoms with E-state index >= 15 is 0 Å². The monoisotopic (exact) mass is 280 g/mol. The lowest BCUT2D eigenvalue weighted by molar-refractivity contribution is -0.385. The quantitative estimate of drug-likeness (QED) is 0.676. The highest BCUT2D eigenvalue weighted by atomic mass is 16.6. The molecule has 1 aromatic carbocycles. The van der Waals surface area contributed by atoms with Gasteiger partial charge in [0.15, 0.2) is 0 Å². The molecule has 1 heterocycles. The number of morpholine rings is 1. The summed E-state index contributed by atoms with van der Waals surface area (Å²) in [5.74, 6) is 0. The molecular formula is C14H20N2O4. The van der Waals surface area contributed by atoms with Crippen molar-refractivity contribution in [2.45, 2.75) is 32.5 Å². The maximum Gasteiger partial charge on any atom is 0.274 e. The third-order valence-electron chi connectivity index (χ3n) is 3.50. The molecule has 1 unspecified atom stereocenters. The Morgan fingerprint density at radius 2 is 2.25 bits per heavy atom. The zero-order valence-electron chi connectivity index (χ0n) is 12.0. The van der Waals surface area contributed by atoms with Gasteiger partial charge in [0.05, 0.1) is 28.8 Å². The van der Waals surface area contributed by atoms with Gasteiger partial charge < -0.3 is 14.7 Å². The number of aliphatic hydroxyl groups excluding tert-OH is 1. The molecule has 0 aliphatic carbocycles. The van der Waals surface area contributed by atoms with E-state index in [2.05, 4.69) is 0 Å². The van der Waals surface area contributed by atoms with Gasteiger partial charge >= 0.3 is 0 Å². The molecule has 6 nitrogen and oxygen atoms in total. The van der Waals surface area contributed by atoms with Crippen LogP contribution in [0.1, 0.15) is 19.4 Å². The Balaban J connectivity index is 2.35. The van der Waals surface area contributed by atoms with Gasteiger partial charge in [0.25, 0.3) is 5.69 Å². The Kier molecular flexibility index (Phi) is 3.96. The van der Waals surface area contributed by atoms with Gasteiger partial charge in [0.2, 0.25) is 0 Å². The third-order valence-corrected chi connectivity index (χ3v) is 3.50. The van der Waals surface area contributed by atoms with E-state index in [0.717, 1.165) is 5.69 Å². The SMILES string of the molecule is Cc1c(N2CC(CO)OC(C)(C)C2)cccc1[N+](=O)[O-]. The summed E-state index contributed by atoms with van der Waals surface area (Å²) in [7, 11) is 0. The molecule has 0 bridgehead atoms. The Hall–Kier alpha value is -1.66. The first kappa shape index (κ1) is 14.7. The molecule has 0 saturated carbocycles. The predicted molar refractivity (Wildman–Crippen MR) is 76.1 cm³/mol. The molecule has 1 atom stereocenters. The Morgan fingerprint density at radius 1 is 1.55 bits per heavy atom. The van der Waals surface area contributed by atoms with Crippen LogP contribution in [0.3, 0.4) is 0 Å². The molecule has 0 aromatic heterocycles. The van der Waals surface area contributed by atoms with Gasteiger partial charge in [0, 0.05) is 24.8 Å². The van der Waals surface area contributed by atoms with Crippen molar-refractivity contribution < 1.29 is 14.8 Å². The van der Waals surface area contributed by atoms with Crippen molar-refractivity contribution in [2.24, 2.45) is 0 Å². The van der Waals surface area contributed by atoms with Gasteiger partial charge in [-0.15, -0.1) is 0 Å². The van der Waals surface area contributed by atoms with Crippen LogP contribution in [0.2, 0.25) is 0 Å². The molecule has 0 spiro atoms. The minimum absolute atomic E-state index is 0.0616. The molecule has 6 heteroatoms. The average molecular weight is 280 g/mol. The van der Waals surface area contributed by atoms with Crippen molar-refractivity contribution >= 4 is 11.4 Å². The summed E-state index contributed by atoms with van der Waals surface area (Å²) in [4.78, 5) is 12.7. The summed E-state index contributed by atoms with van der Waals surface area (Å²) in [5.41, 5.74) is 1.19. The van der Waals surface area contributed by atoms with Crippen LogP contribution < -0.4 is 4.90 Å². The number of benzene rings is 1. The first-order valence-corrected chi connectivity index (χ1v) is 6.61. The van der Waals surface area contributed by atoms with E-state index in [4.69, 9.17) is 4.74 Å². The van der Waals surface area contributed by atoms with Crippen LogP contribution in [-0.4, -0.2) is 41.4 Å². The lowest BCUT2D eigenvalue weighted by Gasteiger charge is -2.43. The van der Waals surface area contributed by atoms with E-state index in [-0.39, 0.29) is 23.3 Å². The number of nitro benzene ring substituents is 1. The number of aliphatic hydroxyl groups is 1. The molecule has 110 valence electrons. The summed E-state index contributed by atoms with van der Waals surface area (Å²) in [6.07, 6.45) is -0.280. The van der Waals surface area contributed by atoms with Crippen LogP contribution in [0.5, 0.6) is 0 Å². The topological polar surface area (TPSA) is 75.8 Å². The highest BCUT2D eigenvalue weighted by Crippen LogP contribution is 2.32. The number of ether oxygens (including phenoxy) is 1. The zero-order valence-corrected chi connectivity index (χ0v) is 12.0. The Bertz CT molecular complexity index is 516. The van der Waals surface area contributed by atoms with Gasteiger partial charge in [-0.3, -0.25) is 10.1 Å². The normalized spacial score (nSPS) is 21.8. The molecule has 1 saturated heterocycles. The number of rotatable bonds is 3. The average Bonchev–Trinajstić information content (AvgIpc) is 2.36. The summed E-state index contributed by atoms with van der Waals surface area (Å²) in [5, 5.41) is 20.4. The largest absolute Gasteiger partial charge is 0.394 e. The summed E-state index contributed by atoms with van der Waals surface area (Å²) in [6, 6.07) is 5.07. The Morgan fingerprint density at radius 3 is 2.85 bits per heavy atom. The molecule has 1 aliphatic heterocycles. The summed E-state index contributed by atoms with van der Waals surface area (Å²) < 4.78 is 5.77. The number of hydrogen-bond donors (Lipinski definition) is 1. The zero-order chi connectivity index (χ0) is 14.9. The maximum absolute atomic E-state index is 11.0. The molecule has 1 aliphatic rings. The molecule has 1 aromatic rings. The molecule has 0 amide bonds. The van der Waals surface area contributed by atoms with E-state index in [9.17, 15) is 15.2 Å². The van der Waals surface area contributed by atoms with Crippen LogP contribution in [-0.2, 0) is 4.74 Å². The van der Waals surface area contributed by atoms with E-state index in [0.29, 0.717) is 18.7 Å². The van der Waals surface area contributed by atoms with E-state index in [1.807, 2.05) is 24.8 Å². The van der Waals surface area contributed by atoms with Crippen LogP contribution in [0.4, 0.5) is 11.4 Å². The van der Waals surface area contributed by atoms with Crippen LogP contribution >= 0.6 is 0 Å². The first-order chi connectivity index (χ1) is 9.34. The van der Waals surface area contributed by atoms with Crippen LogP contribution in [0.15, 0.2) is 18.2 Å². The number of hydrogen-bond acceptors (Lipinski definition) is 5. The minimum Gasteiger partial charge on any atom is -0.394 e. The fourth-order valence-corrected chi connectivity index (χ4v) is 2.73. The van der Waals surface area contributed by atoms with Crippen molar-refractivity contribution in [2.75, 3.05) is 24.6 Å². The molecule has 0 radical (unpaired) electrons. The van der Waals surface area contributed by atoms with Gasteiger partial charge in [-0.1, -0.05) is 6.07 Å². The highest BCUT2D eigenvalue weighted by molar-refractivity contribution is 5.61. The van der Waals surface area contributed by atoms with E-state index < -0.39 is 5.60 Å². The van der Waals surface area contributed by atoms with Gasteiger partial charge in [-0.25, -0.2) is 0 Å².